The highest BCUT2D eigenvalue weighted by molar-refractivity contribution is 7.98. The third kappa shape index (κ3) is 5.53. The van der Waals surface area contributed by atoms with Gasteiger partial charge in [-0.05, 0) is 31.5 Å². The lowest BCUT2D eigenvalue weighted by Crippen LogP contribution is -2.30. The Hall–Kier alpha value is -2.91. The number of nitrogens with zero attached hydrogens (tertiary/aromatic N) is 2. The minimum atomic E-state index is -0.732. The Bertz CT molecular complexity index is 872. The van der Waals surface area contributed by atoms with Gasteiger partial charge in [-0.3, -0.25) is 24.6 Å². The van der Waals surface area contributed by atoms with Gasteiger partial charge in [-0.25, -0.2) is 0 Å². The van der Waals surface area contributed by atoms with E-state index in [9.17, 15) is 19.7 Å². The lowest BCUT2D eigenvalue weighted by atomic mass is 10.1. The molecule has 0 radical (unpaired) electrons. The fourth-order valence-electron chi connectivity index (χ4n) is 2.55. The Morgan fingerprint density at radius 3 is 2.59 bits per heavy atom. The van der Waals surface area contributed by atoms with E-state index in [1.54, 1.807) is 11.9 Å². The molecule has 27 heavy (non-hydrogen) atoms. The normalized spacial score (nSPS) is 10.6. The number of nitro groups is 1. The Kier molecular flexibility index (Phi) is 6.91. The molecule has 2 aromatic rings. The quantitative estimate of drug-likeness (QED) is 0.407. The summed E-state index contributed by atoms with van der Waals surface area (Å²) in [6.07, 6.45) is 1.92. The topological polar surface area (TPSA) is 119 Å². The number of benzene rings is 2. The van der Waals surface area contributed by atoms with Crippen molar-refractivity contribution in [3.8, 4) is 0 Å². The molecule has 2 rings (SSSR count). The zero-order valence-electron chi connectivity index (χ0n) is 15.0. The van der Waals surface area contributed by atoms with Crippen LogP contribution < -0.4 is 11.1 Å². The van der Waals surface area contributed by atoms with Gasteiger partial charge in [-0.1, -0.05) is 18.2 Å². The van der Waals surface area contributed by atoms with Crippen LogP contribution in [0.25, 0.3) is 0 Å². The smallest absolute Gasteiger partial charge is 0.274 e. The molecule has 0 aliphatic heterocycles. The van der Waals surface area contributed by atoms with Crippen LogP contribution >= 0.6 is 11.8 Å². The Morgan fingerprint density at radius 2 is 1.96 bits per heavy atom. The highest BCUT2D eigenvalue weighted by Crippen LogP contribution is 2.25. The first kappa shape index (κ1) is 20.4. The van der Waals surface area contributed by atoms with E-state index in [4.69, 9.17) is 5.73 Å². The average molecular weight is 388 g/mol. The predicted molar refractivity (Wildman–Crippen MR) is 105 cm³/mol. The third-order valence-corrected chi connectivity index (χ3v) is 4.60. The molecule has 0 bridgehead atoms. The van der Waals surface area contributed by atoms with E-state index in [1.807, 2.05) is 30.5 Å². The number of carbonyl (C=O) groups excluding carboxylic acids is 2. The number of hydrogen-bond donors (Lipinski definition) is 2. The number of para-hydroxylation sites is 1. The van der Waals surface area contributed by atoms with Crippen molar-refractivity contribution in [2.45, 2.75) is 11.4 Å². The Balaban J connectivity index is 2.06. The second-order valence-corrected chi connectivity index (χ2v) is 6.73. The van der Waals surface area contributed by atoms with Gasteiger partial charge in [0.1, 0.15) is 0 Å². The van der Waals surface area contributed by atoms with Crippen LogP contribution in [0, 0.1) is 10.1 Å². The summed E-state index contributed by atoms with van der Waals surface area (Å²) in [5, 5.41) is 14.1. The zero-order chi connectivity index (χ0) is 20.0. The first-order chi connectivity index (χ1) is 12.8. The van der Waals surface area contributed by atoms with Crippen molar-refractivity contribution >= 4 is 35.0 Å². The van der Waals surface area contributed by atoms with E-state index in [1.165, 1.54) is 23.9 Å². The van der Waals surface area contributed by atoms with Crippen LogP contribution in [0.3, 0.4) is 0 Å². The molecule has 0 unspecified atom stereocenters. The van der Waals surface area contributed by atoms with Crippen LogP contribution in [0.5, 0.6) is 0 Å². The summed E-state index contributed by atoms with van der Waals surface area (Å²) in [5.74, 6) is -0.958. The number of anilines is 1. The highest BCUT2D eigenvalue weighted by atomic mass is 32.2. The maximum atomic E-state index is 12.3. The van der Waals surface area contributed by atoms with Gasteiger partial charge in [-0.2, -0.15) is 0 Å². The first-order valence-corrected chi connectivity index (χ1v) is 9.22. The van der Waals surface area contributed by atoms with Crippen molar-refractivity contribution in [1.82, 2.24) is 4.90 Å². The van der Waals surface area contributed by atoms with E-state index in [0.29, 0.717) is 5.56 Å². The van der Waals surface area contributed by atoms with E-state index in [-0.39, 0.29) is 30.2 Å². The number of rotatable bonds is 8. The van der Waals surface area contributed by atoms with Gasteiger partial charge >= 0.3 is 0 Å². The van der Waals surface area contributed by atoms with Crippen molar-refractivity contribution in [3.63, 3.8) is 0 Å². The van der Waals surface area contributed by atoms with Gasteiger partial charge in [-0.15, -0.1) is 11.8 Å². The maximum Gasteiger partial charge on any atom is 0.274 e. The number of nitro benzene ring substituents is 1. The monoisotopic (exact) mass is 388 g/mol. The summed E-state index contributed by atoms with van der Waals surface area (Å²) in [6.45, 7) is 0.227. The van der Waals surface area contributed by atoms with E-state index >= 15 is 0 Å². The van der Waals surface area contributed by atoms with Gasteiger partial charge < -0.3 is 11.1 Å². The second-order valence-electron chi connectivity index (χ2n) is 5.89. The summed E-state index contributed by atoms with van der Waals surface area (Å²) >= 11 is 1.53. The number of carbonyl (C=O) groups is 2. The van der Waals surface area contributed by atoms with Crippen LogP contribution in [-0.4, -0.2) is 41.5 Å². The number of primary amides is 1. The van der Waals surface area contributed by atoms with E-state index in [0.717, 1.165) is 16.6 Å². The number of likely N-dealkylation sites (N-methyl/N-ethyl adjacent to an activating group) is 1. The van der Waals surface area contributed by atoms with Gasteiger partial charge in [0.25, 0.3) is 5.69 Å². The lowest BCUT2D eigenvalue weighted by Gasteiger charge is -2.17. The molecule has 0 aromatic heterocycles. The summed E-state index contributed by atoms with van der Waals surface area (Å²) in [7, 11) is 1.69. The molecule has 0 spiro atoms. The maximum absolute atomic E-state index is 12.3. The van der Waals surface area contributed by atoms with Crippen LogP contribution in [0.2, 0.25) is 0 Å². The van der Waals surface area contributed by atoms with Gasteiger partial charge in [0.15, 0.2) is 0 Å². The molecule has 0 fully saturated rings. The molecule has 2 aromatic carbocycles. The molecule has 2 amide bonds. The molecule has 142 valence electrons. The molecule has 0 aliphatic carbocycles. The van der Waals surface area contributed by atoms with Crippen LogP contribution in [0.15, 0.2) is 47.4 Å². The third-order valence-electron chi connectivity index (χ3n) is 3.80. The molecule has 0 saturated carbocycles. The molecular weight excluding hydrogens is 368 g/mol. The Labute approximate surface area is 160 Å². The minimum Gasteiger partial charge on any atom is -0.366 e. The fraction of sp³-hybridized carbons (Fsp3) is 0.222. The van der Waals surface area contributed by atoms with E-state index in [2.05, 4.69) is 5.32 Å². The SMILES string of the molecule is CSc1ccccc1NC(=O)CN(C)Cc1ccc(C(N)=O)cc1[N+](=O)[O-]. The summed E-state index contributed by atoms with van der Waals surface area (Å²) in [5.41, 5.74) is 6.15. The number of thioether (sulfide) groups is 1. The van der Waals surface area contributed by atoms with Crippen molar-refractivity contribution in [1.29, 1.82) is 0 Å². The molecule has 9 heteroatoms. The Morgan fingerprint density at radius 1 is 1.26 bits per heavy atom. The van der Waals surface area contributed by atoms with Crippen molar-refractivity contribution in [2.75, 3.05) is 25.2 Å². The van der Waals surface area contributed by atoms with E-state index < -0.39 is 10.8 Å². The van der Waals surface area contributed by atoms with Crippen LogP contribution in [0.4, 0.5) is 11.4 Å². The number of nitrogens with one attached hydrogen (secondary N) is 1. The predicted octanol–water partition coefficient (Wildman–Crippen LogP) is 2.49. The number of hydrogen-bond acceptors (Lipinski definition) is 6. The number of nitrogens with two attached hydrogens (primary N) is 1. The van der Waals surface area contributed by atoms with Crippen LogP contribution in [-0.2, 0) is 11.3 Å². The van der Waals surface area contributed by atoms with Crippen LogP contribution in [0.1, 0.15) is 15.9 Å². The fourth-order valence-corrected chi connectivity index (χ4v) is 3.10. The van der Waals surface area contributed by atoms with Gasteiger partial charge in [0.05, 0.1) is 17.2 Å². The largest absolute Gasteiger partial charge is 0.366 e. The molecule has 0 saturated heterocycles. The zero-order valence-corrected chi connectivity index (χ0v) is 15.8. The van der Waals surface area contributed by atoms with Crippen molar-refractivity contribution in [2.24, 2.45) is 5.73 Å². The summed E-state index contributed by atoms with van der Waals surface area (Å²) in [4.78, 5) is 36.8. The highest BCUT2D eigenvalue weighted by Gasteiger charge is 2.18. The molecule has 0 heterocycles. The lowest BCUT2D eigenvalue weighted by molar-refractivity contribution is -0.385. The number of amides is 2. The van der Waals surface area contributed by atoms with Gasteiger partial charge in [0, 0.05) is 28.6 Å². The standard InChI is InChI=1S/C18H20N4O4S/c1-21(11-17(23)20-14-5-3-4-6-16(14)27-2)10-13-8-7-12(18(19)24)9-15(13)22(25)26/h3-9H,10-11H2,1-2H3,(H2,19,24)(H,20,23). The second kappa shape index (κ2) is 9.15. The molecule has 0 aliphatic rings. The molecule has 0 atom stereocenters. The first-order valence-electron chi connectivity index (χ1n) is 8.00. The minimum absolute atomic E-state index is 0.0530. The summed E-state index contributed by atoms with van der Waals surface area (Å²) in [6, 6.07) is 11.5. The molecule has 8 nitrogen and oxygen atoms in total. The molecular formula is C18H20N4O4S. The van der Waals surface area contributed by atoms with Gasteiger partial charge in [0.2, 0.25) is 11.8 Å². The molecule has 3 N–H and O–H groups in total. The summed E-state index contributed by atoms with van der Waals surface area (Å²) < 4.78 is 0. The average Bonchev–Trinajstić information content (AvgIpc) is 2.61. The van der Waals surface area contributed by atoms with Crippen molar-refractivity contribution < 1.29 is 14.5 Å². The van der Waals surface area contributed by atoms with Crippen molar-refractivity contribution in [3.05, 3.63) is 63.7 Å².